The summed E-state index contributed by atoms with van der Waals surface area (Å²) in [5.41, 5.74) is 0. The van der Waals surface area contributed by atoms with E-state index in [9.17, 15) is 0 Å². The highest BCUT2D eigenvalue weighted by Crippen LogP contribution is 2.23. The zero-order valence-electron chi connectivity index (χ0n) is 5.74. The molecule has 0 fully saturated rings. The van der Waals surface area contributed by atoms with Crippen LogP contribution in [0.4, 0.5) is 0 Å². The third-order valence-corrected chi connectivity index (χ3v) is 2.54. The lowest BCUT2D eigenvalue weighted by atomic mass is 10.7. The molecule has 0 amide bonds. The van der Waals surface area contributed by atoms with Crippen molar-refractivity contribution >= 4 is 23.5 Å². The monoisotopic (exact) mass is 173 g/mol. The maximum absolute atomic E-state index is 3.85. The smallest absolute Gasteiger partial charge is 0.135 e. The van der Waals surface area contributed by atoms with Crippen LogP contribution < -0.4 is 0 Å². The van der Waals surface area contributed by atoms with Crippen LogP contribution in [0, 0.1) is 0 Å². The summed E-state index contributed by atoms with van der Waals surface area (Å²) in [5, 5.41) is 12.0. The van der Waals surface area contributed by atoms with Gasteiger partial charge in [0.25, 0.3) is 0 Å². The second-order valence-corrected chi connectivity index (χ2v) is 3.15. The van der Waals surface area contributed by atoms with Gasteiger partial charge in [-0.1, -0.05) is 0 Å². The molecule has 5 heteroatoms. The molecule has 1 aromatic heterocycles. The Kier molecular flexibility index (Phi) is 2.95. The first-order valence-corrected chi connectivity index (χ1v) is 5.09. The maximum Gasteiger partial charge on any atom is 0.135 e. The molecule has 0 aliphatic carbocycles. The van der Waals surface area contributed by atoms with Gasteiger partial charge in [0.1, 0.15) is 5.03 Å². The minimum absolute atomic E-state index is 0.947. The lowest BCUT2D eigenvalue weighted by molar-refractivity contribution is 0.765. The van der Waals surface area contributed by atoms with Gasteiger partial charge < -0.3 is 0 Å². The van der Waals surface area contributed by atoms with Gasteiger partial charge in [-0.15, -0.1) is 33.7 Å². The van der Waals surface area contributed by atoms with Crippen LogP contribution in [0.5, 0.6) is 0 Å². The quantitative estimate of drug-likeness (QED) is 0.631. The average molecular weight is 173 g/mol. The molecular formula is C5H7N3S2. The van der Waals surface area contributed by atoms with E-state index >= 15 is 0 Å². The van der Waals surface area contributed by atoms with Crippen molar-refractivity contribution in [2.75, 3.05) is 12.5 Å². The Morgan fingerprint density at radius 3 is 2.60 bits per heavy atom. The third kappa shape index (κ3) is 1.60. The molecule has 0 bridgehead atoms. The molecular weight excluding hydrogens is 166 g/mol. The van der Waals surface area contributed by atoms with E-state index < -0.39 is 0 Å². The van der Waals surface area contributed by atoms with Crippen molar-refractivity contribution in [1.82, 2.24) is 15.4 Å². The first kappa shape index (κ1) is 7.81. The topological polar surface area (TPSA) is 38.7 Å². The fraction of sp³-hybridized carbons (Fsp3) is 0.400. The normalized spacial score (nSPS) is 9.80. The summed E-state index contributed by atoms with van der Waals surface area (Å²) in [6.07, 6.45) is 5.70. The van der Waals surface area contributed by atoms with Crippen LogP contribution in [0.1, 0.15) is 0 Å². The minimum Gasteiger partial charge on any atom is -0.137 e. The lowest BCUT2D eigenvalue weighted by Gasteiger charge is -1.97. The summed E-state index contributed by atoms with van der Waals surface area (Å²) >= 11 is 3.22. The van der Waals surface area contributed by atoms with Gasteiger partial charge >= 0.3 is 0 Å². The number of thioether (sulfide) groups is 2. The molecule has 0 unspecified atom stereocenters. The molecule has 0 aromatic carbocycles. The highest BCUT2D eigenvalue weighted by atomic mass is 32.2. The van der Waals surface area contributed by atoms with Crippen LogP contribution in [-0.2, 0) is 0 Å². The SMILES string of the molecule is CSc1cnnnc1SC. The van der Waals surface area contributed by atoms with Crippen LogP contribution >= 0.6 is 23.5 Å². The Hall–Kier alpha value is -0.290. The van der Waals surface area contributed by atoms with E-state index in [4.69, 9.17) is 0 Å². The van der Waals surface area contributed by atoms with Crippen LogP contribution in [0.3, 0.4) is 0 Å². The third-order valence-electron chi connectivity index (χ3n) is 0.986. The van der Waals surface area contributed by atoms with E-state index in [2.05, 4.69) is 15.4 Å². The fourth-order valence-electron chi connectivity index (χ4n) is 0.531. The van der Waals surface area contributed by atoms with E-state index in [0.717, 1.165) is 9.92 Å². The molecule has 0 N–H and O–H groups in total. The number of rotatable bonds is 2. The Bertz CT molecular complexity index is 193. The van der Waals surface area contributed by atoms with Gasteiger partial charge in [0.15, 0.2) is 0 Å². The molecule has 0 spiro atoms. The van der Waals surface area contributed by atoms with E-state index in [1.54, 1.807) is 29.7 Å². The molecule has 1 aromatic rings. The van der Waals surface area contributed by atoms with E-state index in [1.807, 2.05) is 12.5 Å². The zero-order valence-corrected chi connectivity index (χ0v) is 7.37. The number of hydrogen-bond donors (Lipinski definition) is 0. The first-order chi connectivity index (χ1) is 4.88. The van der Waals surface area contributed by atoms with E-state index in [-0.39, 0.29) is 0 Å². The summed E-state index contributed by atoms with van der Waals surface area (Å²) < 4.78 is 0. The predicted molar refractivity (Wildman–Crippen MR) is 43.4 cm³/mol. The molecule has 3 nitrogen and oxygen atoms in total. The van der Waals surface area contributed by atoms with Gasteiger partial charge in [-0.25, -0.2) is 0 Å². The minimum atomic E-state index is 0.947. The van der Waals surface area contributed by atoms with Crippen molar-refractivity contribution in [1.29, 1.82) is 0 Å². The number of hydrogen-bond acceptors (Lipinski definition) is 5. The van der Waals surface area contributed by atoms with E-state index in [0.29, 0.717) is 0 Å². The molecule has 0 atom stereocenters. The van der Waals surface area contributed by atoms with Gasteiger partial charge in [0, 0.05) is 0 Å². The standard InChI is InChI=1S/C5H7N3S2/c1-9-4-3-6-8-7-5(4)10-2/h3H,1-2H3. The zero-order chi connectivity index (χ0) is 7.40. The first-order valence-electron chi connectivity index (χ1n) is 2.65. The molecule has 10 heavy (non-hydrogen) atoms. The average Bonchev–Trinajstić information content (AvgIpc) is 2.04. The van der Waals surface area contributed by atoms with Crippen LogP contribution in [-0.4, -0.2) is 27.9 Å². The molecule has 1 heterocycles. The van der Waals surface area contributed by atoms with Crippen molar-refractivity contribution in [3.05, 3.63) is 6.20 Å². The van der Waals surface area contributed by atoms with Crippen molar-refractivity contribution in [2.24, 2.45) is 0 Å². The summed E-state index contributed by atoms with van der Waals surface area (Å²) in [5.74, 6) is 0. The predicted octanol–water partition coefficient (Wildman–Crippen LogP) is 1.32. The van der Waals surface area contributed by atoms with Gasteiger partial charge in [-0.05, 0) is 17.7 Å². The summed E-state index contributed by atoms with van der Waals surface area (Å²) in [6.45, 7) is 0. The number of aromatic nitrogens is 3. The largest absolute Gasteiger partial charge is 0.137 e. The van der Waals surface area contributed by atoms with Crippen LogP contribution in [0.25, 0.3) is 0 Å². The fourth-order valence-corrected chi connectivity index (χ4v) is 1.77. The Morgan fingerprint density at radius 1 is 1.30 bits per heavy atom. The van der Waals surface area contributed by atoms with Gasteiger partial charge in [0.05, 0.1) is 11.1 Å². The molecule has 54 valence electrons. The highest BCUT2D eigenvalue weighted by molar-refractivity contribution is 8.01. The van der Waals surface area contributed by atoms with Crippen molar-refractivity contribution < 1.29 is 0 Å². The van der Waals surface area contributed by atoms with Crippen molar-refractivity contribution in [3.8, 4) is 0 Å². The Balaban J connectivity index is 2.96. The van der Waals surface area contributed by atoms with Gasteiger partial charge in [-0.3, -0.25) is 0 Å². The summed E-state index contributed by atoms with van der Waals surface area (Å²) in [7, 11) is 0. The lowest BCUT2D eigenvalue weighted by Crippen LogP contribution is -1.89. The summed E-state index contributed by atoms with van der Waals surface area (Å²) in [4.78, 5) is 1.09. The molecule has 0 radical (unpaired) electrons. The number of nitrogens with zero attached hydrogens (tertiary/aromatic N) is 3. The maximum atomic E-state index is 3.85. The van der Waals surface area contributed by atoms with Crippen LogP contribution in [0.2, 0.25) is 0 Å². The molecule has 0 aliphatic rings. The highest BCUT2D eigenvalue weighted by Gasteiger charge is 1.99. The van der Waals surface area contributed by atoms with Crippen LogP contribution in [0.15, 0.2) is 16.1 Å². The second-order valence-electron chi connectivity index (χ2n) is 1.51. The van der Waals surface area contributed by atoms with Gasteiger partial charge in [-0.2, -0.15) is 0 Å². The van der Waals surface area contributed by atoms with Gasteiger partial charge in [0.2, 0.25) is 0 Å². The van der Waals surface area contributed by atoms with Crippen molar-refractivity contribution in [2.45, 2.75) is 9.92 Å². The summed E-state index contributed by atoms with van der Waals surface area (Å²) in [6, 6.07) is 0. The molecule has 0 aliphatic heterocycles. The molecule has 0 saturated heterocycles. The Morgan fingerprint density at radius 2 is 2.10 bits per heavy atom. The Labute approximate surface area is 68.0 Å². The molecule has 1 rings (SSSR count). The van der Waals surface area contributed by atoms with Crippen molar-refractivity contribution in [3.63, 3.8) is 0 Å². The molecule has 0 saturated carbocycles. The van der Waals surface area contributed by atoms with E-state index in [1.165, 1.54) is 0 Å². The second kappa shape index (κ2) is 3.78.